The Labute approximate surface area is 193 Å². The largest absolute Gasteiger partial charge is 0.393 e. The van der Waals surface area contributed by atoms with Crippen molar-refractivity contribution in [3.63, 3.8) is 0 Å². The van der Waals surface area contributed by atoms with Crippen molar-refractivity contribution in [2.45, 2.75) is 105 Å². The van der Waals surface area contributed by atoms with E-state index >= 15 is 0 Å². The van der Waals surface area contributed by atoms with E-state index in [2.05, 4.69) is 32.9 Å². The molecule has 0 aromatic carbocycles. The van der Waals surface area contributed by atoms with Crippen LogP contribution in [-0.4, -0.2) is 11.2 Å². The molecule has 0 aromatic heterocycles. The zero-order valence-electron chi connectivity index (χ0n) is 25.0. The Balaban J connectivity index is 1.53. The molecule has 4 aliphatic rings. The van der Waals surface area contributed by atoms with E-state index in [-0.39, 0.29) is 22.9 Å². The van der Waals surface area contributed by atoms with Gasteiger partial charge in [-0.25, -0.2) is 0 Å². The van der Waals surface area contributed by atoms with E-state index in [1.807, 2.05) is 19.9 Å². The highest BCUT2D eigenvalue weighted by atomic mass is 16.3. The number of rotatable bonds is 5. The van der Waals surface area contributed by atoms with E-state index in [4.69, 9.17) is 6.85 Å². The van der Waals surface area contributed by atoms with Gasteiger partial charge in [0.1, 0.15) is 0 Å². The molecule has 0 amide bonds. The Morgan fingerprint density at radius 1 is 1.13 bits per heavy atom. The van der Waals surface area contributed by atoms with Crippen molar-refractivity contribution in [2.75, 3.05) is 0 Å². The first kappa shape index (κ1) is 17.0. The molecule has 0 aromatic rings. The van der Waals surface area contributed by atoms with Gasteiger partial charge in [-0.05, 0) is 110 Å². The maximum Gasteiger partial charge on any atom is 0.0577 e. The zero-order valence-corrected chi connectivity index (χ0v) is 20.0. The molecule has 0 aliphatic heterocycles. The lowest BCUT2D eigenvalue weighted by Gasteiger charge is -2.58. The summed E-state index contributed by atoms with van der Waals surface area (Å²) in [4.78, 5) is 0. The molecule has 1 N–H and O–H groups in total. The molecule has 1 heteroatoms. The van der Waals surface area contributed by atoms with Crippen molar-refractivity contribution >= 4 is 0 Å². The predicted molar refractivity (Wildman–Crippen MR) is 128 cm³/mol. The quantitative estimate of drug-likeness (QED) is 0.452. The van der Waals surface area contributed by atoms with Crippen LogP contribution in [-0.2, 0) is 0 Å². The van der Waals surface area contributed by atoms with Crippen LogP contribution in [0.4, 0.5) is 0 Å². The molecule has 30 heavy (non-hydrogen) atoms. The second-order valence-electron chi connectivity index (χ2n) is 12.0. The third-order valence-electron chi connectivity index (χ3n) is 10.3. The summed E-state index contributed by atoms with van der Waals surface area (Å²) in [5, 5.41) is 10.3. The minimum absolute atomic E-state index is 0.0748. The molecule has 4 aliphatic carbocycles. The lowest BCUT2D eigenvalue weighted by molar-refractivity contribution is -0.0540. The van der Waals surface area contributed by atoms with Gasteiger partial charge < -0.3 is 5.11 Å². The van der Waals surface area contributed by atoms with E-state index in [0.29, 0.717) is 11.8 Å². The molecule has 0 radical (unpaired) electrons. The maximum absolute atomic E-state index is 10.3. The summed E-state index contributed by atoms with van der Waals surface area (Å²) in [6, 6.07) is 0. The van der Waals surface area contributed by atoms with Gasteiger partial charge in [0.05, 0.1) is 6.10 Å². The van der Waals surface area contributed by atoms with Crippen LogP contribution in [0.25, 0.3) is 0 Å². The molecule has 170 valence electrons. The molecular weight excluding hydrogens is 364 g/mol. The summed E-state index contributed by atoms with van der Waals surface area (Å²) >= 11 is 0. The molecule has 0 heterocycles. The van der Waals surface area contributed by atoms with Crippen LogP contribution in [0.5, 0.6) is 0 Å². The molecule has 1 nitrogen and oxygen atoms in total. The summed E-state index contributed by atoms with van der Waals surface area (Å²) in [6.07, 6.45) is 13.2. The smallest absolute Gasteiger partial charge is 0.0577 e. The van der Waals surface area contributed by atoms with Crippen LogP contribution >= 0.6 is 0 Å². The van der Waals surface area contributed by atoms with E-state index in [1.54, 1.807) is 0 Å². The minimum atomic E-state index is -2.63. The number of allylic oxidation sites excluding steroid dienone is 3. The first-order chi connectivity index (χ1) is 16.1. The highest BCUT2D eigenvalue weighted by molar-refractivity contribution is 5.25. The van der Waals surface area contributed by atoms with E-state index in [9.17, 15) is 5.11 Å². The van der Waals surface area contributed by atoms with Crippen LogP contribution in [0.2, 0.25) is 0 Å². The summed E-state index contributed by atoms with van der Waals surface area (Å²) in [5.74, 6) is 2.35. The number of aliphatic hydroxyl groups excluding tert-OH is 1. The van der Waals surface area contributed by atoms with Crippen LogP contribution in [0.15, 0.2) is 23.8 Å². The normalized spacial score (nSPS) is 49.0. The van der Waals surface area contributed by atoms with Gasteiger partial charge in [-0.3, -0.25) is 0 Å². The fraction of sp³-hybridized carbons (Fsp3) is 0.862. The highest BCUT2D eigenvalue weighted by Gasteiger charge is 2.58. The van der Waals surface area contributed by atoms with Crippen LogP contribution in [0.3, 0.4) is 0 Å². The SMILES string of the molecule is [2H]C([2H])([2H])C([2H])([2H])[C@H](/C=C/[C@@H](C)[C@H]1CC[C@H]2[C@@H]3CC=C4C[C@@H](O)CC[C@]4(C)[C@H]3CC[C@]12C)C(C)C. The molecule has 3 fully saturated rings. The second kappa shape index (κ2) is 8.42. The van der Waals surface area contributed by atoms with E-state index in [0.717, 1.165) is 43.4 Å². The average molecular weight is 418 g/mol. The van der Waals surface area contributed by atoms with Crippen molar-refractivity contribution in [2.24, 2.45) is 52.3 Å². The molecular formula is C29H48O. The summed E-state index contributed by atoms with van der Waals surface area (Å²) in [6.45, 7) is 8.49. The Bertz CT molecular complexity index is 845. The van der Waals surface area contributed by atoms with Gasteiger partial charge in [-0.1, -0.05) is 65.3 Å². The van der Waals surface area contributed by atoms with Gasteiger partial charge in [0.2, 0.25) is 0 Å². The highest BCUT2D eigenvalue weighted by Crippen LogP contribution is 2.67. The van der Waals surface area contributed by atoms with E-state index in [1.165, 1.54) is 31.3 Å². The van der Waals surface area contributed by atoms with Gasteiger partial charge in [0.15, 0.2) is 0 Å². The van der Waals surface area contributed by atoms with Gasteiger partial charge in [-0.15, -0.1) is 0 Å². The van der Waals surface area contributed by atoms with Crippen molar-refractivity contribution in [1.29, 1.82) is 0 Å². The second-order valence-corrected chi connectivity index (χ2v) is 12.0. The standard InChI is InChI=1S/C29H48O/c1-7-21(19(2)3)9-8-20(4)25-12-13-26-24-11-10-22-18-23(30)14-16-28(22,5)27(24)15-17-29(25,26)6/h8-10,19-21,23-27,30H,7,11-18H2,1-6H3/b9-8+/t20-,21-,23+,24+,25-,26+,27+,28+,29-/m1/s1/i1D3,7D2. The summed E-state index contributed by atoms with van der Waals surface area (Å²) < 4.78 is 39.9. The molecule has 0 bridgehead atoms. The lowest BCUT2D eigenvalue weighted by Crippen LogP contribution is -2.50. The first-order valence-corrected chi connectivity index (χ1v) is 12.7. The van der Waals surface area contributed by atoms with Crippen molar-refractivity contribution in [3.8, 4) is 0 Å². The molecule has 4 rings (SSSR count). The predicted octanol–water partition coefficient (Wildman–Crippen LogP) is 7.80. The monoisotopic (exact) mass is 417 g/mol. The van der Waals surface area contributed by atoms with Gasteiger partial charge in [0.25, 0.3) is 0 Å². The summed E-state index contributed by atoms with van der Waals surface area (Å²) in [7, 11) is 0. The van der Waals surface area contributed by atoms with Crippen molar-refractivity contribution < 1.29 is 12.0 Å². The van der Waals surface area contributed by atoms with Crippen LogP contribution in [0.1, 0.15) is 106 Å². The number of fused-ring (bicyclic) bond motifs is 5. The Hall–Kier alpha value is -0.560. The zero-order chi connectivity index (χ0) is 26.0. The molecule has 9 atom stereocenters. The number of aliphatic hydroxyl groups is 1. The van der Waals surface area contributed by atoms with E-state index < -0.39 is 19.1 Å². The first-order valence-electron chi connectivity index (χ1n) is 15.2. The average Bonchev–Trinajstić information content (AvgIpc) is 3.10. The van der Waals surface area contributed by atoms with Gasteiger partial charge in [-0.2, -0.15) is 0 Å². The van der Waals surface area contributed by atoms with Crippen molar-refractivity contribution in [1.82, 2.24) is 0 Å². The van der Waals surface area contributed by atoms with Gasteiger partial charge in [0, 0.05) is 6.85 Å². The third kappa shape index (κ3) is 3.66. The molecule has 0 saturated heterocycles. The lowest BCUT2D eigenvalue weighted by atomic mass is 9.47. The fourth-order valence-electron chi connectivity index (χ4n) is 8.41. The fourth-order valence-corrected chi connectivity index (χ4v) is 8.41. The van der Waals surface area contributed by atoms with Gasteiger partial charge >= 0.3 is 0 Å². The Kier molecular flexibility index (Phi) is 4.77. The molecule has 0 spiro atoms. The minimum Gasteiger partial charge on any atom is -0.393 e. The maximum atomic E-state index is 10.3. The topological polar surface area (TPSA) is 20.2 Å². The number of hydrogen-bond acceptors (Lipinski definition) is 1. The molecule has 0 unspecified atom stereocenters. The number of hydrogen-bond donors (Lipinski definition) is 1. The Morgan fingerprint density at radius 3 is 2.67 bits per heavy atom. The molecule has 3 saturated carbocycles. The summed E-state index contributed by atoms with van der Waals surface area (Å²) in [5.41, 5.74) is 2.07. The third-order valence-corrected chi connectivity index (χ3v) is 10.3. The van der Waals surface area contributed by atoms with Crippen molar-refractivity contribution in [3.05, 3.63) is 23.8 Å². The van der Waals surface area contributed by atoms with Crippen LogP contribution in [0, 0.1) is 52.3 Å². The van der Waals surface area contributed by atoms with Crippen LogP contribution < -0.4 is 0 Å². The Morgan fingerprint density at radius 2 is 1.93 bits per heavy atom.